The Labute approximate surface area is 103 Å². The molecule has 0 bridgehead atoms. The second kappa shape index (κ2) is 6.50. The zero-order valence-electron chi connectivity index (χ0n) is 10.7. The highest BCUT2D eigenvalue weighted by atomic mass is 32.2. The van der Waals surface area contributed by atoms with Gasteiger partial charge < -0.3 is 9.64 Å². The maximum atomic E-state index is 11.5. The van der Waals surface area contributed by atoms with Crippen LogP contribution in [0.5, 0.6) is 0 Å². The summed E-state index contributed by atoms with van der Waals surface area (Å²) in [5, 5.41) is 1.33. The van der Waals surface area contributed by atoms with Gasteiger partial charge in [0, 0.05) is 30.1 Å². The lowest BCUT2D eigenvalue weighted by molar-refractivity contribution is -0.148. The van der Waals surface area contributed by atoms with E-state index in [0.29, 0.717) is 17.1 Å². The van der Waals surface area contributed by atoms with E-state index >= 15 is 0 Å². The van der Waals surface area contributed by atoms with Crippen LogP contribution in [0, 0.1) is 5.92 Å². The molecular weight excluding hydrogens is 222 g/mol. The van der Waals surface area contributed by atoms with Crippen molar-refractivity contribution in [3.8, 4) is 0 Å². The Balaban J connectivity index is 2.38. The van der Waals surface area contributed by atoms with Crippen LogP contribution in [0.4, 0.5) is 0 Å². The van der Waals surface area contributed by atoms with Crippen LogP contribution in [0.15, 0.2) is 0 Å². The summed E-state index contributed by atoms with van der Waals surface area (Å²) in [4.78, 5) is 13.9. The zero-order chi connectivity index (χ0) is 12.1. The molecule has 3 nitrogen and oxygen atoms in total. The Morgan fingerprint density at radius 2 is 2.00 bits per heavy atom. The molecule has 1 aliphatic rings. The number of ether oxygens (including phenoxy) is 1. The minimum Gasteiger partial charge on any atom is -0.466 e. The molecule has 3 atom stereocenters. The van der Waals surface area contributed by atoms with Gasteiger partial charge in [-0.05, 0) is 6.92 Å². The first-order valence-electron chi connectivity index (χ1n) is 6.07. The van der Waals surface area contributed by atoms with Gasteiger partial charge in [0.05, 0.1) is 12.5 Å². The SMILES string of the molecule is CCOC(=O)C(C)CN1CC(C)SC(C)C1. The van der Waals surface area contributed by atoms with Crippen molar-refractivity contribution in [2.75, 3.05) is 26.2 Å². The van der Waals surface area contributed by atoms with E-state index in [1.54, 1.807) is 0 Å². The highest BCUT2D eigenvalue weighted by Crippen LogP contribution is 2.25. The minimum absolute atomic E-state index is 0.0116. The van der Waals surface area contributed by atoms with Crippen molar-refractivity contribution in [3.05, 3.63) is 0 Å². The predicted octanol–water partition coefficient (Wildman–Crippen LogP) is 2.01. The number of hydrogen-bond acceptors (Lipinski definition) is 4. The van der Waals surface area contributed by atoms with Gasteiger partial charge >= 0.3 is 5.97 Å². The van der Waals surface area contributed by atoms with Crippen LogP contribution in [-0.2, 0) is 9.53 Å². The smallest absolute Gasteiger partial charge is 0.309 e. The van der Waals surface area contributed by atoms with Crippen molar-refractivity contribution in [2.45, 2.75) is 38.2 Å². The topological polar surface area (TPSA) is 29.5 Å². The van der Waals surface area contributed by atoms with Gasteiger partial charge in [-0.15, -0.1) is 0 Å². The molecule has 0 aromatic heterocycles. The summed E-state index contributed by atoms with van der Waals surface area (Å²) < 4.78 is 5.03. The zero-order valence-corrected chi connectivity index (χ0v) is 11.5. The summed E-state index contributed by atoms with van der Waals surface area (Å²) in [6.45, 7) is 11.8. The highest BCUT2D eigenvalue weighted by molar-refractivity contribution is 8.00. The Kier molecular flexibility index (Phi) is 5.62. The summed E-state index contributed by atoms with van der Waals surface area (Å²) in [6, 6.07) is 0. The molecular formula is C12H23NO2S. The number of carbonyl (C=O) groups excluding carboxylic acids is 1. The van der Waals surface area contributed by atoms with E-state index in [-0.39, 0.29) is 11.9 Å². The molecule has 1 rings (SSSR count). The van der Waals surface area contributed by atoms with Crippen molar-refractivity contribution in [1.29, 1.82) is 0 Å². The molecule has 0 radical (unpaired) electrons. The molecule has 16 heavy (non-hydrogen) atoms. The quantitative estimate of drug-likeness (QED) is 0.709. The molecule has 0 spiro atoms. The third-order valence-electron chi connectivity index (χ3n) is 2.72. The maximum absolute atomic E-state index is 11.5. The van der Waals surface area contributed by atoms with Crippen molar-refractivity contribution in [2.24, 2.45) is 5.92 Å². The fourth-order valence-corrected chi connectivity index (χ4v) is 3.57. The fraction of sp³-hybridized carbons (Fsp3) is 0.917. The average molecular weight is 245 g/mol. The molecule has 1 aliphatic heterocycles. The van der Waals surface area contributed by atoms with Gasteiger partial charge in [-0.3, -0.25) is 4.79 Å². The first-order valence-corrected chi connectivity index (χ1v) is 7.01. The van der Waals surface area contributed by atoms with E-state index in [4.69, 9.17) is 4.74 Å². The van der Waals surface area contributed by atoms with Crippen molar-refractivity contribution >= 4 is 17.7 Å². The van der Waals surface area contributed by atoms with Crippen LogP contribution in [0.1, 0.15) is 27.7 Å². The summed E-state index contributed by atoms with van der Waals surface area (Å²) >= 11 is 2.03. The van der Waals surface area contributed by atoms with Gasteiger partial charge in [0.1, 0.15) is 0 Å². The number of esters is 1. The monoisotopic (exact) mass is 245 g/mol. The second-order valence-corrected chi connectivity index (χ2v) is 6.51. The Hall–Kier alpha value is -0.220. The Bertz CT molecular complexity index is 225. The average Bonchev–Trinajstić information content (AvgIpc) is 2.16. The van der Waals surface area contributed by atoms with Gasteiger partial charge in [-0.1, -0.05) is 20.8 Å². The molecule has 1 heterocycles. The third-order valence-corrected chi connectivity index (χ3v) is 3.94. The van der Waals surface area contributed by atoms with Gasteiger partial charge in [-0.2, -0.15) is 11.8 Å². The van der Waals surface area contributed by atoms with Crippen LogP contribution in [0.25, 0.3) is 0 Å². The van der Waals surface area contributed by atoms with Crippen LogP contribution in [0.3, 0.4) is 0 Å². The van der Waals surface area contributed by atoms with Gasteiger partial charge in [-0.25, -0.2) is 0 Å². The molecule has 94 valence electrons. The first-order chi connectivity index (χ1) is 7.52. The Morgan fingerprint density at radius 1 is 1.44 bits per heavy atom. The van der Waals surface area contributed by atoms with Crippen molar-refractivity contribution < 1.29 is 9.53 Å². The second-order valence-electron chi connectivity index (χ2n) is 4.63. The summed E-state index contributed by atoms with van der Waals surface area (Å²) in [5.41, 5.74) is 0. The number of hydrogen-bond donors (Lipinski definition) is 0. The van der Waals surface area contributed by atoms with Gasteiger partial charge in [0.15, 0.2) is 0 Å². The van der Waals surface area contributed by atoms with Crippen LogP contribution in [0.2, 0.25) is 0 Å². The molecule has 0 aromatic carbocycles. The van der Waals surface area contributed by atoms with Crippen LogP contribution >= 0.6 is 11.8 Å². The molecule has 0 amide bonds. The van der Waals surface area contributed by atoms with E-state index in [9.17, 15) is 4.79 Å². The molecule has 0 N–H and O–H groups in total. The lowest BCUT2D eigenvalue weighted by Gasteiger charge is -2.35. The summed E-state index contributed by atoms with van der Waals surface area (Å²) in [5.74, 6) is -0.0801. The minimum atomic E-state index is -0.0685. The summed E-state index contributed by atoms with van der Waals surface area (Å²) in [7, 11) is 0. The molecule has 0 aliphatic carbocycles. The number of nitrogens with zero attached hydrogens (tertiary/aromatic N) is 1. The molecule has 0 aromatic rings. The lowest BCUT2D eigenvalue weighted by atomic mass is 10.1. The van der Waals surface area contributed by atoms with Gasteiger partial charge in [0.2, 0.25) is 0 Å². The maximum Gasteiger partial charge on any atom is 0.309 e. The number of carbonyl (C=O) groups is 1. The molecule has 4 heteroatoms. The van der Waals surface area contributed by atoms with E-state index in [2.05, 4.69) is 18.7 Å². The largest absolute Gasteiger partial charge is 0.466 e. The first kappa shape index (κ1) is 13.8. The van der Waals surface area contributed by atoms with Crippen LogP contribution < -0.4 is 0 Å². The third kappa shape index (κ3) is 4.34. The van der Waals surface area contributed by atoms with E-state index in [1.165, 1.54) is 0 Å². The van der Waals surface area contributed by atoms with E-state index in [0.717, 1.165) is 19.6 Å². The lowest BCUT2D eigenvalue weighted by Crippen LogP contribution is -2.43. The summed E-state index contributed by atoms with van der Waals surface area (Å²) in [6.07, 6.45) is 0. The molecule has 1 fully saturated rings. The van der Waals surface area contributed by atoms with E-state index in [1.807, 2.05) is 25.6 Å². The normalized spacial score (nSPS) is 28.8. The predicted molar refractivity (Wildman–Crippen MR) is 68.8 cm³/mol. The fourth-order valence-electron chi connectivity index (χ4n) is 2.18. The van der Waals surface area contributed by atoms with Crippen LogP contribution in [-0.4, -0.2) is 47.6 Å². The molecule has 1 saturated heterocycles. The Morgan fingerprint density at radius 3 is 2.50 bits per heavy atom. The standard InChI is InChI=1S/C12H23NO2S/c1-5-15-12(14)9(2)6-13-7-10(3)16-11(4)8-13/h9-11H,5-8H2,1-4H3. The van der Waals surface area contributed by atoms with E-state index < -0.39 is 0 Å². The number of thioether (sulfide) groups is 1. The van der Waals surface area contributed by atoms with Gasteiger partial charge in [0.25, 0.3) is 0 Å². The van der Waals surface area contributed by atoms with Crippen molar-refractivity contribution in [3.63, 3.8) is 0 Å². The van der Waals surface area contributed by atoms with Crippen molar-refractivity contribution in [1.82, 2.24) is 4.90 Å². The highest BCUT2D eigenvalue weighted by Gasteiger charge is 2.25. The molecule has 3 unspecified atom stereocenters. The molecule has 0 saturated carbocycles. The number of rotatable bonds is 4.